The number of carbonyl (C=O) groups is 1. The summed E-state index contributed by atoms with van der Waals surface area (Å²) in [6, 6.07) is 3.73. The van der Waals surface area contributed by atoms with Crippen molar-refractivity contribution in [1.29, 1.82) is 0 Å². The van der Waals surface area contributed by atoms with Crippen LogP contribution >= 0.6 is 0 Å². The van der Waals surface area contributed by atoms with Crippen LogP contribution in [0.15, 0.2) is 30.7 Å². The third-order valence-electron chi connectivity index (χ3n) is 6.04. The molecule has 2 fully saturated rings. The molecule has 2 aliphatic heterocycles. The van der Waals surface area contributed by atoms with E-state index in [1.54, 1.807) is 18.6 Å². The lowest BCUT2D eigenvalue weighted by molar-refractivity contribution is -0.138. The lowest BCUT2D eigenvalue weighted by Crippen LogP contribution is -2.45. The zero-order valence-corrected chi connectivity index (χ0v) is 17.3. The number of aromatic nitrogens is 3. The standard InChI is InChI=1S/C22H29N5O2/c1-16-19(6-3-9-23-16)29-21-20(24-10-11-25-21)18-5-4-12-27(15-18)22(28)17-7-13-26(2)14-8-17/h3,6,9-11,17-18H,4-5,7-8,12-15H2,1-2H3. The topological polar surface area (TPSA) is 71.5 Å². The SMILES string of the molecule is Cc1ncccc1Oc1nccnc1C1CCCN(C(=O)C2CCN(C)CC2)C1. The number of hydrogen-bond donors (Lipinski definition) is 0. The summed E-state index contributed by atoms with van der Waals surface area (Å²) in [4.78, 5) is 30.7. The Morgan fingerprint density at radius 1 is 1.07 bits per heavy atom. The summed E-state index contributed by atoms with van der Waals surface area (Å²) in [5, 5.41) is 0. The average Bonchev–Trinajstić information content (AvgIpc) is 2.76. The van der Waals surface area contributed by atoms with E-state index >= 15 is 0 Å². The number of piperidine rings is 2. The minimum atomic E-state index is 0.139. The molecule has 29 heavy (non-hydrogen) atoms. The van der Waals surface area contributed by atoms with Gasteiger partial charge in [-0.2, -0.15) is 0 Å². The van der Waals surface area contributed by atoms with E-state index in [4.69, 9.17) is 4.74 Å². The normalized spacial score (nSPS) is 21.2. The van der Waals surface area contributed by atoms with Gasteiger partial charge in [0.15, 0.2) is 5.75 Å². The van der Waals surface area contributed by atoms with Gasteiger partial charge in [0, 0.05) is 43.5 Å². The molecule has 7 heteroatoms. The number of rotatable bonds is 4. The molecule has 2 aliphatic rings. The highest BCUT2D eigenvalue weighted by atomic mass is 16.5. The highest BCUT2D eigenvalue weighted by molar-refractivity contribution is 5.79. The number of aryl methyl sites for hydroxylation is 1. The van der Waals surface area contributed by atoms with Gasteiger partial charge < -0.3 is 14.5 Å². The second kappa shape index (κ2) is 8.86. The molecule has 0 bridgehead atoms. The summed E-state index contributed by atoms with van der Waals surface area (Å²) < 4.78 is 6.07. The van der Waals surface area contributed by atoms with Crippen LogP contribution in [0.3, 0.4) is 0 Å². The van der Waals surface area contributed by atoms with Gasteiger partial charge in [-0.1, -0.05) is 0 Å². The van der Waals surface area contributed by atoms with E-state index in [-0.39, 0.29) is 11.8 Å². The number of amides is 1. The van der Waals surface area contributed by atoms with Gasteiger partial charge in [-0.25, -0.2) is 4.98 Å². The van der Waals surface area contributed by atoms with Crippen molar-refractivity contribution in [2.45, 2.75) is 38.5 Å². The predicted octanol–water partition coefficient (Wildman–Crippen LogP) is 3.02. The summed E-state index contributed by atoms with van der Waals surface area (Å²) in [6.45, 7) is 5.43. The first-order valence-corrected chi connectivity index (χ1v) is 10.5. The quantitative estimate of drug-likeness (QED) is 0.792. The second-order valence-electron chi connectivity index (χ2n) is 8.14. The first-order chi connectivity index (χ1) is 14.1. The third kappa shape index (κ3) is 4.56. The molecular formula is C22H29N5O2. The van der Waals surface area contributed by atoms with E-state index < -0.39 is 0 Å². The fourth-order valence-corrected chi connectivity index (χ4v) is 4.29. The molecule has 2 aromatic heterocycles. The maximum absolute atomic E-state index is 13.1. The largest absolute Gasteiger partial charge is 0.435 e. The van der Waals surface area contributed by atoms with Crippen molar-refractivity contribution in [3.8, 4) is 11.6 Å². The van der Waals surface area contributed by atoms with Crippen LogP contribution in [-0.2, 0) is 4.79 Å². The van der Waals surface area contributed by atoms with E-state index in [0.717, 1.165) is 56.7 Å². The molecule has 4 rings (SSSR count). The number of carbonyl (C=O) groups excluding carboxylic acids is 1. The highest BCUT2D eigenvalue weighted by Gasteiger charge is 2.33. The van der Waals surface area contributed by atoms with E-state index in [9.17, 15) is 4.79 Å². The van der Waals surface area contributed by atoms with Crippen molar-refractivity contribution in [2.24, 2.45) is 5.92 Å². The zero-order chi connectivity index (χ0) is 20.2. The van der Waals surface area contributed by atoms with E-state index in [1.165, 1.54) is 0 Å². The van der Waals surface area contributed by atoms with Gasteiger partial charge in [-0.3, -0.25) is 14.8 Å². The van der Waals surface area contributed by atoms with Gasteiger partial charge in [0.05, 0.1) is 5.69 Å². The van der Waals surface area contributed by atoms with Crippen LogP contribution < -0.4 is 4.74 Å². The van der Waals surface area contributed by atoms with Crippen LogP contribution in [0.2, 0.25) is 0 Å². The monoisotopic (exact) mass is 395 g/mol. The van der Waals surface area contributed by atoms with Gasteiger partial charge in [-0.15, -0.1) is 0 Å². The Labute approximate surface area is 172 Å². The van der Waals surface area contributed by atoms with E-state index in [1.807, 2.05) is 24.0 Å². The van der Waals surface area contributed by atoms with Crippen molar-refractivity contribution >= 4 is 5.91 Å². The van der Waals surface area contributed by atoms with Crippen LogP contribution in [0, 0.1) is 12.8 Å². The number of ether oxygens (including phenoxy) is 1. The minimum Gasteiger partial charge on any atom is -0.435 e. The molecule has 2 saturated heterocycles. The highest BCUT2D eigenvalue weighted by Crippen LogP contribution is 2.34. The summed E-state index contributed by atoms with van der Waals surface area (Å²) in [7, 11) is 2.12. The van der Waals surface area contributed by atoms with Crippen LogP contribution in [0.4, 0.5) is 0 Å². The van der Waals surface area contributed by atoms with Gasteiger partial charge in [0.1, 0.15) is 5.69 Å². The first kappa shape index (κ1) is 19.8. The molecule has 0 N–H and O–H groups in total. The van der Waals surface area contributed by atoms with Gasteiger partial charge in [0.25, 0.3) is 0 Å². The van der Waals surface area contributed by atoms with Crippen molar-refractivity contribution < 1.29 is 9.53 Å². The summed E-state index contributed by atoms with van der Waals surface area (Å²) in [5.41, 5.74) is 1.64. The van der Waals surface area contributed by atoms with Crippen LogP contribution in [0.5, 0.6) is 11.6 Å². The van der Waals surface area contributed by atoms with Gasteiger partial charge in [-0.05, 0) is 64.9 Å². The Kier molecular flexibility index (Phi) is 6.04. The summed E-state index contributed by atoms with van der Waals surface area (Å²) >= 11 is 0. The maximum Gasteiger partial charge on any atom is 0.241 e. The van der Waals surface area contributed by atoms with Crippen molar-refractivity contribution in [3.63, 3.8) is 0 Å². The molecule has 0 radical (unpaired) electrons. The molecular weight excluding hydrogens is 366 g/mol. The Morgan fingerprint density at radius 2 is 1.86 bits per heavy atom. The fraction of sp³-hybridized carbons (Fsp3) is 0.545. The molecule has 2 aromatic rings. The third-order valence-corrected chi connectivity index (χ3v) is 6.04. The molecule has 7 nitrogen and oxygen atoms in total. The Bertz CT molecular complexity index is 851. The Balaban J connectivity index is 1.49. The lowest BCUT2D eigenvalue weighted by atomic mass is 9.91. The minimum absolute atomic E-state index is 0.139. The predicted molar refractivity (Wildman–Crippen MR) is 110 cm³/mol. The van der Waals surface area contributed by atoms with Crippen LogP contribution in [0.25, 0.3) is 0 Å². The molecule has 0 saturated carbocycles. The smallest absolute Gasteiger partial charge is 0.241 e. The molecule has 1 amide bonds. The average molecular weight is 396 g/mol. The van der Waals surface area contributed by atoms with E-state index in [2.05, 4.69) is 26.9 Å². The Morgan fingerprint density at radius 3 is 2.66 bits per heavy atom. The first-order valence-electron chi connectivity index (χ1n) is 10.5. The molecule has 0 aromatic carbocycles. The molecule has 1 unspecified atom stereocenters. The zero-order valence-electron chi connectivity index (χ0n) is 17.3. The lowest BCUT2D eigenvalue weighted by Gasteiger charge is -2.37. The maximum atomic E-state index is 13.1. The van der Waals surface area contributed by atoms with Crippen LogP contribution in [0.1, 0.15) is 43.0 Å². The number of pyridine rings is 1. The molecule has 4 heterocycles. The van der Waals surface area contributed by atoms with E-state index in [0.29, 0.717) is 24.1 Å². The summed E-state index contributed by atoms with van der Waals surface area (Å²) in [6.07, 6.45) is 8.97. The van der Waals surface area contributed by atoms with Crippen molar-refractivity contribution in [2.75, 3.05) is 33.2 Å². The van der Waals surface area contributed by atoms with Gasteiger partial charge >= 0.3 is 0 Å². The molecule has 154 valence electrons. The number of likely N-dealkylation sites (tertiary alicyclic amines) is 2. The molecule has 1 atom stereocenters. The molecule has 0 aliphatic carbocycles. The Hall–Kier alpha value is -2.54. The second-order valence-corrected chi connectivity index (χ2v) is 8.14. The molecule has 0 spiro atoms. The number of nitrogens with zero attached hydrogens (tertiary/aromatic N) is 5. The van der Waals surface area contributed by atoms with Crippen LogP contribution in [-0.4, -0.2) is 63.9 Å². The fourth-order valence-electron chi connectivity index (χ4n) is 4.29. The van der Waals surface area contributed by atoms with Gasteiger partial charge in [0.2, 0.25) is 11.8 Å². The number of hydrogen-bond acceptors (Lipinski definition) is 6. The van der Waals surface area contributed by atoms with Crippen molar-refractivity contribution in [3.05, 3.63) is 42.1 Å². The van der Waals surface area contributed by atoms with Crippen molar-refractivity contribution in [1.82, 2.24) is 24.8 Å². The summed E-state index contributed by atoms with van der Waals surface area (Å²) in [5.74, 6) is 1.80.